The van der Waals surface area contributed by atoms with Crippen molar-refractivity contribution < 1.29 is 0 Å². The average Bonchev–Trinajstić information content (AvgIpc) is 2.66. The molecule has 2 N–H and O–H groups in total. The summed E-state index contributed by atoms with van der Waals surface area (Å²) in [6.45, 7) is 0. The average molecular weight is 220 g/mol. The lowest BCUT2D eigenvalue weighted by atomic mass is 10.3. The van der Waals surface area contributed by atoms with Crippen LogP contribution in [-0.4, -0.2) is 14.8 Å². The molecule has 1 heterocycles. The Morgan fingerprint density at radius 3 is 2.87 bits per heavy atom. The molecule has 0 radical (unpaired) electrons. The Bertz CT molecular complexity index is 540. The second-order valence-electron chi connectivity index (χ2n) is 2.83. The van der Waals surface area contributed by atoms with Crippen LogP contribution in [0.3, 0.4) is 0 Å². The first kappa shape index (κ1) is 9.49. The monoisotopic (exact) mass is 219 g/mol. The minimum absolute atomic E-state index is 0.101. The highest BCUT2D eigenvalue weighted by atomic mass is 35.5. The third-order valence-corrected chi connectivity index (χ3v) is 2.06. The van der Waals surface area contributed by atoms with Crippen LogP contribution in [0.4, 0.5) is 5.69 Å². The smallest absolute Gasteiger partial charge is 0.252 e. The summed E-state index contributed by atoms with van der Waals surface area (Å²) in [5.41, 5.74) is 6.88. The van der Waals surface area contributed by atoms with Crippen LogP contribution in [0.25, 0.3) is 5.69 Å². The lowest BCUT2D eigenvalue weighted by molar-refractivity contribution is 0.875. The van der Waals surface area contributed by atoms with Gasteiger partial charge in [0.05, 0.1) is 11.4 Å². The third kappa shape index (κ3) is 1.75. The van der Waals surface area contributed by atoms with E-state index >= 15 is 0 Å². The molecule has 74 valence electrons. The van der Waals surface area contributed by atoms with Crippen LogP contribution in [0.15, 0.2) is 24.5 Å². The number of benzene rings is 1. The summed E-state index contributed by atoms with van der Waals surface area (Å²) in [5, 5.41) is 13.0. The van der Waals surface area contributed by atoms with E-state index in [2.05, 4.69) is 10.1 Å². The van der Waals surface area contributed by atoms with E-state index in [0.717, 1.165) is 0 Å². The number of hydrogen-bond acceptors (Lipinski definition) is 4. The maximum atomic E-state index is 8.57. The summed E-state index contributed by atoms with van der Waals surface area (Å²) >= 11 is 5.76. The number of halogens is 1. The maximum Gasteiger partial charge on any atom is 0.252 e. The number of anilines is 1. The zero-order valence-electron chi connectivity index (χ0n) is 7.55. The molecule has 15 heavy (non-hydrogen) atoms. The highest BCUT2D eigenvalue weighted by Gasteiger charge is 2.05. The Kier molecular flexibility index (Phi) is 2.27. The van der Waals surface area contributed by atoms with Crippen LogP contribution in [0.2, 0.25) is 5.02 Å². The molecule has 0 unspecified atom stereocenters. The Labute approximate surface area is 90.7 Å². The van der Waals surface area contributed by atoms with Crippen LogP contribution in [0.1, 0.15) is 5.82 Å². The van der Waals surface area contributed by atoms with Crippen molar-refractivity contribution in [1.82, 2.24) is 14.8 Å². The van der Waals surface area contributed by atoms with E-state index in [0.29, 0.717) is 16.4 Å². The van der Waals surface area contributed by atoms with E-state index in [1.54, 1.807) is 18.2 Å². The van der Waals surface area contributed by atoms with E-state index < -0.39 is 0 Å². The SMILES string of the molecule is N#Cc1ncn(-c2ccc(Cl)cc2N)n1. The predicted molar refractivity (Wildman–Crippen MR) is 55.5 cm³/mol. The molecule has 0 bridgehead atoms. The molecular weight excluding hydrogens is 214 g/mol. The van der Waals surface area contributed by atoms with E-state index in [9.17, 15) is 0 Å². The Hall–Kier alpha value is -2.06. The van der Waals surface area contributed by atoms with Crippen molar-refractivity contribution in [2.75, 3.05) is 5.73 Å². The van der Waals surface area contributed by atoms with Crippen molar-refractivity contribution in [1.29, 1.82) is 5.26 Å². The second-order valence-corrected chi connectivity index (χ2v) is 3.26. The molecule has 1 aromatic heterocycles. The fourth-order valence-electron chi connectivity index (χ4n) is 1.16. The van der Waals surface area contributed by atoms with Crippen LogP contribution in [-0.2, 0) is 0 Å². The molecule has 2 aromatic rings. The maximum absolute atomic E-state index is 8.57. The van der Waals surface area contributed by atoms with Crippen molar-refractivity contribution in [3.05, 3.63) is 35.4 Å². The van der Waals surface area contributed by atoms with Gasteiger partial charge in [0.25, 0.3) is 5.82 Å². The molecule has 0 saturated carbocycles. The van der Waals surface area contributed by atoms with E-state index in [-0.39, 0.29) is 5.82 Å². The molecule has 0 spiro atoms. The summed E-state index contributed by atoms with van der Waals surface area (Å²) in [5.74, 6) is 0.101. The Morgan fingerprint density at radius 1 is 1.47 bits per heavy atom. The van der Waals surface area contributed by atoms with Crippen molar-refractivity contribution >= 4 is 17.3 Å². The summed E-state index contributed by atoms with van der Waals surface area (Å²) in [6.07, 6.45) is 1.43. The number of nitriles is 1. The molecule has 0 saturated heterocycles. The van der Waals surface area contributed by atoms with E-state index in [1.807, 2.05) is 6.07 Å². The van der Waals surface area contributed by atoms with Gasteiger partial charge in [-0.1, -0.05) is 11.6 Å². The number of nitrogen functional groups attached to an aromatic ring is 1. The minimum atomic E-state index is 0.101. The molecule has 0 aliphatic rings. The van der Waals surface area contributed by atoms with Gasteiger partial charge in [0.15, 0.2) is 0 Å². The summed E-state index contributed by atoms with van der Waals surface area (Å²) in [7, 11) is 0. The number of hydrogen-bond donors (Lipinski definition) is 1. The number of rotatable bonds is 1. The minimum Gasteiger partial charge on any atom is -0.397 e. The van der Waals surface area contributed by atoms with Gasteiger partial charge in [-0.25, -0.2) is 9.67 Å². The van der Waals surface area contributed by atoms with Gasteiger partial charge < -0.3 is 5.73 Å². The molecule has 0 fully saturated rings. The van der Waals surface area contributed by atoms with Crippen molar-refractivity contribution in [2.24, 2.45) is 0 Å². The van der Waals surface area contributed by atoms with Gasteiger partial charge in [-0.3, -0.25) is 0 Å². The van der Waals surface area contributed by atoms with Crippen LogP contribution in [0.5, 0.6) is 0 Å². The predicted octanol–water partition coefficient (Wildman–Crippen LogP) is 1.37. The van der Waals surface area contributed by atoms with Gasteiger partial charge in [-0.05, 0) is 18.2 Å². The molecule has 0 atom stereocenters. The van der Waals surface area contributed by atoms with Gasteiger partial charge in [0, 0.05) is 5.02 Å². The highest BCUT2D eigenvalue weighted by Crippen LogP contribution is 2.20. The fraction of sp³-hybridized carbons (Fsp3) is 0. The first-order valence-electron chi connectivity index (χ1n) is 4.08. The van der Waals surface area contributed by atoms with Crippen LogP contribution >= 0.6 is 11.6 Å². The normalized spacial score (nSPS) is 9.87. The molecule has 2 rings (SSSR count). The topological polar surface area (TPSA) is 80.5 Å². The molecule has 5 nitrogen and oxygen atoms in total. The summed E-state index contributed by atoms with van der Waals surface area (Å²) < 4.78 is 1.43. The molecule has 1 aromatic carbocycles. The molecule has 0 aliphatic carbocycles. The summed E-state index contributed by atoms with van der Waals surface area (Å²) in [4.78, 5) is 3.78. The first-order valence-corrected chi connectivity index (χ1v) is 4.45. The van der Waals surface area contributed by atoms with Crippen molar-refractivity contribution in [2.45, 2.75) is 0 Å². The lowest BCUT2D eigenvalue weighted by Gasteiger charge is -2.04. The van der Waals surface area contributed by atoms with Gasteiger partial charge in [-0.2, -0.15) is 5.26 Å². The highest BCUT2D eigenvalue weighted by molar-refractivity contribution is 6.30. The molecule has 6 heteroatoms. The zero-order valence-corrected chi connectivity index (χ0v) is 8.31. The molecular formula is C9H6ClN5. The largest absolute Gasteiger partial charge is 0.397 e. The van der Waals surface area contributed by atoms with Crippen LogP contribution < -0.4 is 5.73 Å². The van der Waals surface area contributed by atoms with Crippen LogP contribution in [0, 0.1) is 11.3 Å². The number of nitrogens with zero attached hydrogens (tertiary/aromatic N) is 4. The van der Waals surface area contributed by atoms with Crippen molar-refractivity contribution in [3.8, 4) is 11.8 Å². The first-order chi connectivity index (χ1) is 7.20. The van der Waals surface area contributed by atoms with Gasteiger partial charge in [-0.15, -0.1) is 5.10 Å². The zero-order chi connectivity index (χ0) is 10.8. The lowest BCUT2D eigenvalue weighted by Crippen LogP contribution is -2.00. The van der Waals surface area contributed by atoms with Gasteiger partial charge in [0.2, 0.25) is 0 Å². The quantitative estimate of drug-likeness (QED) is 0.735. The van der Waals surface area contributed by atoms with Gasteiger partial charge in [0.1, 0.15) is 12.4 Å². The second kappa shape index (κ2) is 3.59. The Balaban J connectivity index is 2.50. The van der Waals surface area contributed by atoms with Gasteiger partial charge >= 0.3 is 0 Å². The standard InChI is InChI=1S/C9H6ClN5/c10-6-1-2-8(7(12)3-6)15-5-13-9(4-11)14-15/h1-3,5H,12H2. The molecule has 0 amide bonds. The number of aromatic nitrogens is 3. The molecule has 0 aliphatic heterocycles. The van der Waals surface area contributed by atoms with E-state index in [1.165, 1.54) is 11.0 Å². The van der Waals surface area contributed by atoms with Crippen molar-refractivity contribution in [3.63, 3.8) is 0 Å². The fourth-order valence-corrected chi connectivity index (χ4v) is 1.34. The number of nitrogens with two attached hydrogens (primary N) is 1. The van der Waals surface area contributed by atoms with E-state index in [4.69, 9.17) is 22.6 Å². The Morgan fingerprint density at radius 2 is 2.27 bits per heavy atom. The summed E-state index contributed by atoms with van der Waals surface area (Å²) in [6, 6.07) is 6.86. The third-order valence-electron chi connectivity index (χ3n) is 1.83.